The second-order valence-corrected chi connectivity index (χ2v) is 5.87. The van der Waals surface area contributed by atoms with E-state index in [9.17, 15) is 5.11 Å². The third kappa shape index (κ3) is 3.21. The fourth-order valence-electron chi connectivity index (χ4n) is 3.00. The van der Waals surface area contributed by atoms with Gasteiger partial charge in [0.15, 0.2) is 0 Å². The van der Waals surface area contributed by atoms with Gasteiger partial charge in [0.1, 0.15) is 0 Å². The minimum absolute atomic E-state index is 0.346. The van der Waals surface area contributed by atoms with Gasteiger partial charge in [-0.25, -0.2) is 0 Å². The lowest BCUT2D eigenvalue weighted by Gasteiger charge is -2.41. The molecule has 15 heavy (non-hydrogen) atoms. The lowest BCUT2D eigenvalue weighted by Crippen LogP contribution is -2.41. The average Bonchev–Trinajstić information content (AvgIpc) is 2.18. The van der Waals surface area contributed by atoms with Crippen LogP contribution in [0.25, 0.3) is 0 Å². The van der Waals surface area contributed by atoms with Crippen molar-refractivity contribution >= 4 is 0 Å². The number of hydrogen-bond acceptors (Lipinski definition) is 1. The van der Waals surface area contributed by atoms with Crippen molar-refractivity contribution in [2.75, 3.05) is 0 Å². The van der Waals surface area contributed by atoms with Crippen LogP contribution in [0.5, 0.6) is 0 Å². The van der Waals surface area contributed by atoms with Gasteiger partial charge in [-0.3, -0.25) is 0 Å². The maximum absolute atomic E-state index is 10.6. The highest BCUT2D eigenvalue weighted by molar-refractivity contribution is 4.89. The molecule has 1 aliphatic carbocycles. The van der Waals surface area contributed by atoms with Crippen molar-refractivity contribution in [3.63, 3.8) is 0 Å². The first-order valence-corrected chi connectivity index (χ1v) is 6.72. The highest BCUT2D eigenvalue weighted by Gasteiger charge is 2.37. The Morgan fingerprint density at radius 1 is 1.20 bits per heavy atom. The summed E-state index contributed by atoms with van der Waals surface area (Å²) in [6.45, 7) is 9.05. The summed E-state index contributed by atoms with van der Waals surface area (Å²) in [5.74, 6) is 2.12. The molecule has 1 N–H and O–H groups in total. The Hall–Kier alpha value is -0.0400. The molecule has 0 heterocycles. The maximum Gasteiger partial charge on any atom is 0.0673 e. The van der Waals surface area contributed by atoms with Crippen molar-refractivity contribution in [2.24, 2.45) is 17.8 Å². The molecule has 0 amide bonds. The van der Waals surface area contributed by atoms with Gasteiger partial charge in [0.05, 0.1) is 5.60 Å². The zero-order chi connectivity index (χ0) is 11.5. The summed E-state index contributed by atoms with van der Waals surface area (Å²) in [5, 5.41) is 10.6. The Morgan fingerprint density at radius 3 is 2.13 bits per heavy atom. The molecule has 0 saturated heterocycles. The molecular weight excluding hydrogens is 184 g/mol. The van der Waals surface area contributed by atoms with Crippen molar-refractivity contribution in [1.82, 2.24) is 0 Å². The van der Waals surface area contributed by atoms with Crippen LogP contribution in [0.2, 0.25) is 0 Å². The quantitative estimate of drug-likeness (QED) is 0.747. The molecule has 1 saturated carbocycles. The SMILES string of the molecule is CCCC(C)C1(O)CCC(C(C)C)CC1. The summed E-state index contributed by atoms with van der Waals surface area (Å²) >= 11 is 0. The van der Waals surface area contributed by atoms with E-state index in [4.69, 9.17) is 0 Å². The van der Waals surface area contributed by atoms with E-state index in [1.807, 2.05) is 0 Å². The molecule has 1 heteroatoms. The van der Waals surface area contributed by atoms with Gasteiger partial charge in [-0.15, -0.1) is 0 Å². The van der Waals surface area contributed by atoms with E-state index in [2.05, 4.69) is 27.7 Å². The molecule has 0 aliphatic heterocycles. The predicted molar refractivity (Wildman–Crippen MR) is 65.8 cm³/mol. The molecule has 1 unspecified atom stereocenters. The highest BCUT2D eigenvalue weighted by Crippen LogP contribution is 2.40. The second-order valence-electron chi connectivity index (χ2n) is 5.87. The van der Waals surface area contributed by atoms with Crippen LogP contribution in [0.1, 0.15) is 66.2 Å². The molecule has 1 fully saturated rings. The molecule has 1 rings (SSSR count). The van der Waals surface area contributed by atoms with E-state index in [-0.39, 0.29) is 5.60 Å². The molecule has 1 nitrogen and oxygen atoms in total. The Morgan fingerprint density at radius 2 is 1.73 bits per heavy atom. The molecule has 1 atom stereocenters. The summed E-state index contributed by atoms with van der Waals surface area (Å²) < 4.78 is 0. The van der Waals surface area contributed by atoms with Gasteiger partial charge in [-0.05, 0) is 49.9 Å². The number of rotatable bonds is 4. The minimum atomic E-state index is -0.346. The van der Waals surface area contributed by atoms with E-state index in [1.165, 1.54) is 25.7 Å². The topological polar surface area (TPSA) is 20.2 Å². The van der Waals surface area contributed by atoms with Crippen LogP contribution in [0.4, 0.5) is 0 Å². The van der Waals surface area contributed by atoms with E-state index in [0.29, 0.717) is 5.92 Å². The second kappa shape index (κ2) is 5.34. The number of aliphatic hydroxyl groups is 1. The minimum Gasteiger partial charge on any atom is -0.390 e. The Kier molecular flexibility index (Phi) is 4.64. The van der Waals surface area contributed by atoms with Gasteiger partial charge in [0.25, 0.3) is 0 Å². The predicted octanol–water partition coefficient (Wildman–Crippen LogP) is 4.00. The third-order valence-corrected chi connectivity index (χ3v) is 4.48. The summed E-state index contributed by atoms with van der Waals surface area (Å²) in [4.78, 5) is 0. The van der Waals surface area contributed by atoms with E-state index in [1.54, 1.807) is 0 Å². The zero-order valence-electron chi connectivity index (χ0n) is 10.9. The van der Waals surface area contributed by atoms with Crippen LogP contribution in [-0.4, -0.2) is 10.7 Å². The molecular formula is C14H28O. The summed E-state index contributed by atoms with van der Waals surface area (Å²) in [6.07, 6.45) is 6.86. The molecule has 0 aromatic carbocycles. The molecule has 90 valence electrons. The van der Waals surface area contributed by atoms with Crippen molar-refractivity contribution in [3.05, 3.63) is 0 Å². The van der Waals surface area contributed by atoms with Crippen LogP contribution in [0, 0.1) is 17.8 Å². The van der Waals surface area contributed by atoms with Crippen molar-refractivity contribution in [2.45, 2.75) is 71.8 Å². The van der Waals surface area contributed by atoms with Gasteiger partial charge < -0.3 is 5.11 Å². The zero-order valence-corrected chi connectivity index (χ0v) is 10.9. The monoisotopic (exact) mass is 212 g/mol. The standard InChI is InChI=1S/C14H28O/c1-5-6-12(4)14(15)9-7-13(8-10-14)11(2)3/h11-13,15H,5-10H2,1-4H3. The van der Waals surface area contributed by atoms with Crippen molar-refractivity contribution < 1.29 is 5.11 Å². The molecule has 0 radical (unpaired) electrons. The smallest absolute Gasteiger partial charge is 0.0673 e. The molecule has 0 spiro atoms. The summed E-state index contributed by atoms with van der Waals surface area (Å²) in [5.41, 5.74) is -0.346. The first-order valence-electron chi connectivity index (χ1n) is 6.72. The van der Waals surface area contributed by atoms with Gasteiger partial charge in [0.2, 0.25) is 0 Å². The normalized spacial score (nSPS) is 34.4. The summed E-state index contributed by atoms with van der Waals surface area (Å²) in [7, 11) is 0. The van der Waals surface area contributed by atoms with Crippen molar-refractivity contribution in [3.8, 4) is 0 Å². The van der Waals surface area contributed by atoms with E-state index >= 15 is 0 Å². The molecule has 0 aromatic heterocycles. The average molecular weight is 212 g/mol. The van der Waals surface area contributed by atoms with E-state index < -0.39 is 0 Å². The Bertz CT molecular complexity index is 178. The Balaban J connectivity index is 2.46. The maximum atomic E-state index is 10.6. The Labute approximate surface area is 95.3 Å². The lowest BCUT2D eigenvalue weighted by atomic mass is 9.69. The number of hydrogen-bond donors (Lipinski definition) is 1. The largest absolute Gasteiger partial charge is 0.390 e. The van der Waals surface area contributed by atoms with Crippen LogP contribution < -0.4 is 0 Å². The lowest BCUT2D eigenvalue weighted by molar-refractivity contribution is -0.0603. The fourth-order valence-corrected chi connectivity index (χ4v) is 3.00. The van der Waals surface area contributed by atoms with Gasteiger partial charge >= 0.3 is 0 Å². The molecule has 0 aromatic rings. The van der Waals surface area contributed by atoms with Crippen LogP contribution in [0.3, 0.4) is 0 Å². The summed E-state index contributed by atoms with van der Waals surface area (Å²) in [6, 6.07) is 0. The van der Waals surface area contributed by atoms with Crippen LogP contribution in [-0.2, 0) is 0 Å². The third-order valence-electron chi connectivity index (χ3n) is 4.48. The van der Waals surface area contributed by atoms with Crippen LogP contribution >= 0.6 is 0 Å². The fraction of sp³-hybridized carbons (Fsp3) is 1.00. The molecule has 1 aliphatic rings. The first-order chi connectivity index (χ1) is 6.99. The highest BCUT2D eigenvalue weighted by atomic mass is 16.3. The molecule has 0 bridgehead atoms. The van der Waals surface area contributed by atoms with Gasteiger partial charge in [-0.1, -0.05) is 34.1 Å². The van der Waals surface area contributed by atoms with Gasteiger partial charge in [0, 0.05) is 0 Å². The van der Waals surface area contributed by atoms with E-state index in [0.717, 1.165) is 24.7 Å². The van der Waals surface area contributed by atoms with Crippen molar-refractivity contribution in [1.29, 1.82) is 0 Å². The first kappa shape index (κ1) is 13.0. The van der Waals surface area contributed by atoms with Gasteiger partial charge in [-0.2, -0.15) is 0 Å². The van der Waals surface area contributed by atoms with Crippen LogP contribution in [0.15, 0.2) is 0 Å².